The quantitative estimate of drug-likeness (QED) is 0.805. The van der Waals surface area contributed by atoms with E-state index in [9.17, 15) is 9.90 Å². The van der Waals surface area contributed by atoms with Crippen molar-refractivity contribution in [3.8, 4) is 0 Å². The molecular weight excluding hydrogens is 216 g/mol. The molecule has 0 aliphatic carbocycles. The van der Waals surface area contributed by atoms with Crippen LogP contribution in [-0.2, 0) is 17.6 Å². The molecule has 1 amide bonds. The van der Waals surface area contributed by atoms with Gasteiger partial charge in [-0.05, 0) is 43.6 Å². The van der Waals surface area contributed by atoms with Crippen molar-refractivity contribution in [3.63, 3.8) is 0 Å². The molecule has 0 spiro atoms. The van der Waals surface area contributed by atoms with Crippen molar-refractivity contribution < 1.29 is 9.90 Å². The molecule has 4 nitrogen and oxygen atoms in total. The van der Waals surface area contributed by atoms with Gasteiger partial charge < -0.3 is 10.4 Å². The Kier molecular flexibility index (Phi) is 3.76. The van der Waals surface area contributed by atoms with Crippen LogP contribution >= 0.6 is 0 Å². The molecule has 0 atom stereocenters. The summed E-state index contributed by atoms with van der Waals surface area (Å²) in [6.45, 7) is 0.711. The molecule has 1 aromatic rings. The van der Waals surface area contributed by atoms with Crippen molar-refractivity contribution in [2.45, 2.75) is 19.3 Å². The van der Waals surface area contributed by atoms with Crippen molar-refractivity contribution in [2.24, 2.45) is 0 Å². The Morgan fingerprint density at radius 3 is 2.94 bits per heavy atom. The minimum Gasteiger partial charge on any atom is -0.376 e. The van der Waals surface area contributed by atoms with Gasteiger partial charge in [0.25, 0.3) is 0 Å². The lowest BCUT2D eigenvalue weighted by atomic mass is 9.98. The first-order valence-corrected chi connectivity index (χ1v) is 5.94. The molecule has 4 heteroatoms. The first-order chi connectivity index (χ1) is 8.26. The zero-order chi connectivity index (χ0) is 12.3. The molecule has 0 saturated carbocycles. The van der Waals surface area contributed by atoms with Gasteiger partial charge in [-0.15, -0.1) is 0 Å². The molecule has 17 heavy (non-hydrogen) atoms. The van der Waals surface area contributed by atoms with E-state index in [1.54, 1.807) is 0 Å². The molecule has 0 saturated heterocycles. The van der Waals surface area contributed by atoms with Crippen LogP contribution in [0.1, 0.15) is 17.5 Å². The van der Waals surface area contributed by atoms with E-state index >= 15 is 0 Å². The van der Waals surface area contributed by atoms with Gasteiger partial charge in [0, 0.05) is 12.1 Å². The Morgan fingerprint density at radius 1 is 1.41 bits per heavy atom. The van der Waals surface area contributed by atoms with Gasteiger partial charge in [-0.3, -0.25) is 9.69 Å². The number of hydrogen-bond acceptors (Lipinski definition) is 3. The van der Waals surface area contributed by atoms with Gasteiger partial charge in [-0.1, -0.05) is 12.1 Å². The van der Waals surface area contributed by atoms with E-state index < -0.39 is 0 Å². The number of benzene rings is 1. The molecule has 1 aliphatic rings. The standard InChI is InChI=1S/C13H18N2O2/c1-14-7-6-10-2-4-12-11(8-10)3-5-13(17)15(12)9-16/h2,4,8,14,16H,3,5-7,9H2,1H3. The number of aryl methyl sites for hydroxylation is 1. The van der Waals surface area contributed by atoms with Gasteiger partial charge in [0.2, 0.25) is 5.91 Å². The maximum absolute atomic E-state index is 11.6. The van der Waals surface area contributed by atoms with Crippen LogP contribution in [0.25, 0.3) is 0 Å². The van der Waals surface area contributed by atoms with Crippen molar-refractivity contribution in [2.75, 3.05) is 25.2 Å². The number of carbonyl (C=O) groups excluding carboxylic acids is 1. The van der Waals surface area contributed by atoms with Crippen molar-refractivity contribution >= 4 is 11.6 Å². The SMILES string of the molecule is CNCCc1ccc2c(c1)CCC(=O)N2CO. The highest BCUT2D eigenvalue weighted by atomic mass is 16.3. The van der Waals surface area contributed by atoms with Crippen LogP contribution in [0.2, 0.25) is 0 Å². The second kappa shape index (κ2) is 5.29. The topological polar surface area (TPSA) is 52.6 Å². The number of aliphatic hydroxyl groups is 1. The summed E-state index contributed by atoms with van der Waals surface area (Å²) in [6.07, 6.45) is 2.25. The second-order valence-electron chi connectivity index (χ2n) is 4.28. The lowest BCUT2D eigenvalue weighted by Crippen LogP contribution is -2.35. The number of hydrogen-bond donors (Lipinski definition) is 2. The zero-order valence-electron chi connectivity index (χ0n) is 10.1. The summed E-state index contributed by atoms with van der Waals surface area (Å²) < 4.78 is 0. The third-order valence-corrected chi connectivity index (χ3v) is 3.15. The molecule has 1 heterocycles. The predicted octanol–water partition coefficient (Wildman–Crippen LogP) is 0.677. The number of rotatable bonds is 4. The van der Waals surface area contributed by atoms with Crippen LogP contribution in [-0.4, -0.2) is 31.3 Å². The predicted molar refractivity (Wildman–Crippen MR) is 67.0 cm³/mol. The molecule has 0 aromatic heterocycles. The molecule has 0 bridgehead atoms. The van der Waals surface area contributed by atoms with E-state index in [0.717, 1.165) is 30.6 Å². The Bertz CT molecular complexity index is 418. The third-order valence-electron chi connectivity index (χ3n) is 3.15. The van der Waals surface area contributed by atoms with E-state index in [1.807, 2.05) is 19.2 Å². The minimum atomic E-state index is -0.234. The first kappa shape index (κ1) is 12.1. The van der Waals surface area contributed by atoms with Crippen LogP contribution in [0.5, 0.6) is 0 Å². The number of aliphatic hydroxyl groups excluding tert-OH is 1. The number of fused-ring (bicyclic) bond motifs is 1. The third kappa shape index (κ3) is 2.48. The first-order valence-electron chi connectivity index (χ1n) is 5.94. The highest BCUT2D eigenvalue weighted by Crippen LogP contribution is 2.28. The normalized spacial score (nSPS) is 14.9. The molecular formula is C13H18N2O2. The summed E-state index contributed by atoms with van der Waals surface area (Å²) in [5.41, 5.74) is 3.29. The van der Waals surface area contributed by atoms with E-state index in [1.165, 1.54) is 10.5 Å². The summed E-state index contributed by atoms with van der Waals surface area (Å²) in [5.74, 6) is 0.00275. The maximum atomic E-state index is 11.6. The fourth-order valence-corrected chi connectivity index (χ4v) is 2.19. The van der Waals surface area contributed by atoms with Crippen LogP contribution < -0.4 is 10.2 Å². The molecule has 0 unspecified atom stereocenters. The van der Waals surface area contributed by atoms with Crippen molar-refractivity contribution in [1.29, 1.82) is 0 Å². The zero-order valence-corrected chi connectivity index (χ0v) is 10.1. The van der Waals surface area contributed by atoms with Gasteiger partial charge in [0.05, 0.1) is 0 Å². The van der Waals surface area contributed by atoms with Crippen LogP contribution in [0.4, 0.5) is 5.69 Å². The molecule has 2 rings (SSSR count). The van der Waals surface area contributed by atoms with Crippen LogP contribution in [0.3, 0.4) is 0 Å². The second-order valence-corrected chi connectivity index (χ2v) is 4.28. The fourth-order valence-electron chi connectivity index (χ4n) is 2.19. The number of carbonyl (C=O) groups is 1. The number of anilines is 1. The minimum absolute atomic E-state index is 0.00275. The highest BCUT2D eigenvalue weighted by molar-refractivity contribution is 5.96. The molecule has 1 aromatic carbocycles. The van der Waals surface area contributed by atoms with E-state index in [4.69, 9.17) is 0 Å². The number of likely N-dealkylation sites (N-methyl/N-ethyl adjacent to an activating group) is 1. The largest absolute Gasteiger partial charge is 0.376 e. The monoisotopic (exact) mass is 234 g/mol. The summed E-state index contributed by atoms with van der Waals surface area (Å²) >= 11 is 0. The van der Waals surface area contributed by atoms with Gasteiger partial charge in [-0.2, -0.15) is 0 Å². The lowest BCUT2D eigenvalue weighted by molar-refractivity contribution is -0.119. The smallest absolute Gasteiger partial charge is 0.229 e. The number of amides is 1. The molecule has 0 radical (unpaired) electrons. The highest BCUT2D eigenvalue weighted by Gasteiger charge is 2.23. The Labute approximate surface area is 101 Å². The molecule has 2 N–H and O–H groups in total. The van der Waals surface area contributed by atoms with Crippen molar-refractivity contribution in [1.82, 2.24) is 5.32 Å². The fraction of sp³-hybridized carbons (Fsp3) is 0.462. The van der Waals surface area contributed by atoms with Crippen LogP contribution in [0.15, 0.2) is 18.2 Å². The summed E-state index contributed by atoms with van der Waals surface area (Å²) in [5, 5.41) is 12.3. The average Bonchev–Trinajstić information content (AvgIpc) is 2.36. The summed E-state index contributed by atoms with van der Waals surface area (Å²) in [4.78, 5) is 13.0. The van der Waals surface area contributed by atoms with E-state index in [-0.39, 0.29) is 12.6 Å². The lowest BCUT2D eigenvalue weighted by Gasteiger charge is -2.27. The number of nitrogens with one attached hydrogen (secondary N) is 1. The molecule has 92 valence electrons. The Balaban J connectivity index is 2.24. The Morgan fingerprint density at radius 2 is 2.24 bits per heavy atom. The van der Waals surface area contributed by atoms with E-state index in [0.29, 0.717) is 6.42 Å². The summed E-state index contributed by atoms with van der Waals surface area (Å²) in [6, 6.07) is 6.10. The Hall–Kier alpha value is -1.39. The number of nitrogens with zero attached hydrogens (tertiary/aromatic N) is 1. The van der Waals surface area contributed by atoms with Gasteiger partial charge in [-0.25, -0.2) is 0 Å². The summed E-state index contributed by atoms with van der Waals surface area (Å²) in [7, 11) is 1.94. The molecule has 0 fully saturated rings. The van der Waals surface area contributed by atoms with Crippen LogP contribution in [0, 0.1) is 0 Å². The van der Waals surface area contributed by atoms with Crippen molar-refractivity contribution in [3.05, 3.63) is 29.3 Å². The molecule has 1 aliphatic heterocycles. The van der Waals surface area contributed by atoms with Gasteiger partial charge >= 0.3 is 0 Å². The van der Waals surface area contributed by atoms with E-state index in [2.05, 4.69) is 11.4 Å². The van der Waals surface area contributed by atoms with Gasteiger partial charge in [0.15, 0.2) is 0 Å². The maximum Gasteiger partial charge on any atom is 0.229 e. The average molecular weight is 234 g/mol. The van der Waals surface area contributed by atoms with Gasteiger partial charge in [0.1, 0.15) is 6.73 Å².